The van der Waals surface area contributed by atoms with Crippen molar-refractivity contribution in [2.45, 2.75) is 67.9 Å². The molecule has 2 rings (SSSR count). The van der Waals surface area contributed by atoms with Crippen LogP contribution in [0.1, 0.15) is 72.6 Å². The fourth-order valence-corrected chi connectivity index (χ4v) is 2.41. The fourth-order valence-electron chi connectivity index (χ4n) is 2.41. The summed E-state index contributed by atoms with van der Waals surface area (Å²) >= 11 is 0. The van der Waals surface area contributed by atoms with E-state index in [2.05, 4.69) is 69.5 Å². The Labute approximate surface area is 155 Å². The third-order valence-corrected chi connectivity index (χ3v) is 3.84. The van der Waals surface area contributed by atoms with Gasteiger partial charge in [-0.2, -0.15) is 0 Å². The molecule has 2 heteroatoms. The number of benzene rings is 1. The Morgan fingerprint density at radius 2 is 1.72 bits per heavy atom. The molecule has 0 radical (unpaired) electrons. The smallest absolute Gasteiger partial charge is 0.120 e. The Kier molecular flexibility index (Phi) is 10.7. The average molecular weight is 344 g/mol. The van der Waals surface area contributed by atoms with Crippen molar-refractivity contribution >= 4 is 0 Å². The molecule has 1 unspecified atom stereocenters. The average Bonchev–Trinajstić information content (AvgIpc) is 2.79. The van der Waals surface area contributed by atoms with Gasteiger partial charge in [0.25, 0.3) is 0 Å². The number of allylic oxidation sites excluding steroid dienone is 5. The minimum Gasteiger partial charge on any atom is -0.508 e. The molecule has 1 aromatic carbocycles. The lowest BCUT2D eigenvalue weighted by atomic mass is 9.93. The molecule has 1 atom stereocenters. The summed E-state index contributed by atoms with van der Waals surface area (Å²) in [5.74, 6) is 0.348. The molecule has 1 aromatic rings. The largest absolute Gasteiger partial charge is 0.508 e. The first-order valence-corrected chi connectivity index (χ1v) is 9.58. The first-order valence-electron chi connectivity index (χ1n) is 9.58. The summed E-state index contributed by atoms with van der Waals surface area (Å²) in [5.41, 5.74) is 3.32. The Balaban J connectivity index is 0.00000134. The second-order valence-corrected chi connectivity index (χ2v) is 6.25. The highest BCUT2D eigenvalue weighted by molar-refractivity contribution is 5.39. The van der Waals surface area contributed by atoms with Crippen molar-refractivity contribution < 1.29 is 5.11 Å². The first kappa shape index (κ1) is 23.0. The lowest BCUT2D eigenvalue weighted by Crippen LogP contribution is -2.17. The minimum absolute atomic E-state index is 0.0574. The van der Waals surface area contributed by atoms with Crippen LogP contribution in [-0.4, -0.2) is 5.11 Å². The quantitative estimate of drug-likeness (QED) is 0.638. The van der Waals surface area contributed by atoms with Gasteiger partial charge >= 0.3 is 0 Å². The van der Waals surface area contributed by atoms with Gasteiger partial charge in [-0.3, -0.25) is 0 Å². The minimum atomic E-state index is 0.0574. The Bertz CT molecular complexity index is 594. The van der Waals surface area contributed by atoms with Gasteiger partial charge < -0.3 is 10.4 Å². The molecule has 0 heterocycles. The van der Waals surface area contributed by atoms with Gasteiger partial charge in [0, 0.05) is 16.7 Å². The van der Waals surface area contributed by atoms with Crippen LogP contribution in [0.25, 0.3) is 0 Å². The number of phenolic OH excluding ortho intramolecular Hbond substituents is 1. The van der Waals surface area contributed by atoms with E-state index in [4.69, 9.17) is 0 Å². The van der Waals surface area contributed by atoms with E-state index < -0.39 is 0 Å². The molecule has 1 aliphatic carbocycles. The van der Waals surface area contributed by atoms with Crippen molar-refractivity contribution in [2.24, 2.45) is 5.41 Å². The maximum Gasteiger partial charge on any atom is 0.120 e. The molecule has 0 saturated carbocycles. The Morgan fingerprint density at radius 3 is 2.32 bits per heavy atom. The monoisotopic (exact) mass is 343 g/mol. The predicted octanol–water partition coefficient (Wildman–Crippen LogP) is 6.69. The maximum absolute atomic E-state index is 10.1. The van der Waals surface area contributed by atoms with Crippen molar-refractivity contribution in [3.63, 3.8) is 0 Å². The highest BCUT2D eigenvalue weighted by Gasteiger charge is 2.14. The van der Waals surface area contributed by atoms with E-state index in [0.29, 0.717) is 5.75 Å². The molecule has 2 nitrogen and oxygen atoms in total. The fraction of sp³-hybridized carbons (Fsp3) is 0.478. The van der Waals surface area contributed by atoms with Crippen LogP contribution in [0.5, 0.6) is 5.75 Å². The van der Waals surface area contributed by atoms with Gasteiger partial charge in [0.2, 0.25) is 0 Å². The van der Waals surface area contributed by atoms with E-state index in [9.17, 15) is 5.11 Å². The number of aromatic hydroxyl groups is 1. The standard InChI is InChI=1S/C19H25NO.2C2H6/c1-5-15-8-9-18(21)17(13-15)14(2)20-16-7-6-11-19(3,4)12-10-16;2*1-2/h6-14,20-21H,5H2,1-4H3;2*1-2H3. The lowest BCUT2D eigenvalue weighted by Gasteiger charge is -2.18. The summed E-state index contributed by atoms with van der Waals surface area (Å²) < 4.78 is 0. The number of nitrogens with one attached hydrogen (secondary N) is 1. The second-order valence-electron chi connectivity index (χ2n) is 6.25. The zero-order chi connectivity index (χ0) is 19.5. The number of phenols is 1. The van der Waals surface area contributed by atoms with Crippen LogP contribution < -0.4 is 5.32 Å². The van der Waals surface area contributed by atoms with E-state index in [1.807, 2.05) is 33.8 Å². The summed E-state index contributed by atoms with van der Waals surface area (Å²) in [4.78, 5) is 0. The van der Waals surface area contributed by atoms with E-state index in [0.717, 1.165) is 17.7 Å². The first-order chi connectivity index (χ1) is 11.9. The molecular formula is C23H37NO. The van der Waals surface area contributed by atoms with Gasteiger partial charge in [0.05, 0.1) is 6.04 Å². The number of rotatable bonds is 4. The van der Waals surface area contributed by atoms with Crippen LogP contribution in [0, 0.1) is 5.41 Å². The zero-order valence-electron chi connectivity index (χ0n) is 17.4. The molecule has 0 aliphatic heterocycles. The van der Waals surface area contributed by atoms with E-state index in [-0.39, 0.29) is 11.5 Å². The topological polar surface area (TPSA) is 32.3 Å². The second kappa shape index (κ2) is 11.6. The number of aryl methyl sites for hydroxylation is 1. The van der Waals surface area contributed by atoms with Gasteiger partial charge in [-0.15, -0.1) is 0 Å². The van der Waals surface area contributed by atoms with Gasteiger partial charge in [0.15, 0.2) is 0 Å². The van der Waals surface area contributed by atoms with Crippen molar-refractivity contribution in [1.29, 1.82) is 0 Å². The van der Waals surface area contributed by atoms with Gasteiger partial charge in [0.1, 0.15) is 5.75 Å². The molecule has 25 heavy (non-hydrogen) atoms. The molecule has 0 aromatic heterocycles. The van der Waals surface area contributed by atoms with Crippen molar-refractivity contribution in [3.05, 3.63) is 65.4 Å². The maximum atomic E-state index is 10.1. The molecule has 0 fully saturated rings. The summed E-state index contributed by atoms with van der Waals surface area (Å²) in [6, 6.07) is 5.89. The van der Waals surface area contributed by atoms with Gasteiger partial charge in [-0.05, 0) is 37.1 Å². The lowest BCUT2D eigenvalue weighted by molar-refractivity contribution is 0.458. The Hall–Kier alpha value is -1.96. The highest BCUT2D eigenvalue weighted by atomic mass is 16.3. The third-order valence-electron chi connectivity index (χ3n) is 3.84. The summed E-state index contributed by atoms with van der Waals surface area (Å²) in [5, 5.41) is 13.5. The van der Waals surface area contributed by atoms with Crippen LogP contribution in [0.2, 0.25) is 0 Å². The molecule has 1 aliphatic rings. The van der Waals surface area contributed by atoms with Crippen LogP contribution >= 0.6 is 0 Å². The van der Waals surface area contributed by atoms with E-state index >= 15 is 0 Å². The normalized spacial score (nSPS) is 15.6. The molecule has 2 N–H and O–H groups in total. The van der Waals surface area contributed by atoms with Gasteiger partial charge in [-0.1, -0.05) is 78.8 Å². The molecule has 140 valence electrons. The van der Waals surface area contributed by atoms with Crippen LogP contribution in [-0.2, 0) is 6.42 Å². The van der Waals surface area contributed by atoms with Crippen molar-refractivity contribution in [1.82, 2.24) is 5.32 Å². The van der Waals surface area contributed by atoms with Crippen molar-refractivity contribution in [2.75, 3.05) is 0 Å². The summed E-state index contributed by atoms with van der Waals surface area (Å²) in [7, 11) is 0. The zero-order valence-corrected chi connectivity index (χ0v) is 17.4. The third kappa shape index (κ3) is 7.64. The molecule has 0 amide bonds. The summed E-state index contributed by atoms with van der Waals surface area (Å²) in [6.45, 7) is 16.5. The SMILES string of the molecule is CC.CC.CCc1ccc(O)c(C(C)NC2=CC=CC(C)(C)C=C2)c1. The molecular weight excluding hydrogens is 306 g/mol. The van der Waals surface area contributed by atoms with Crippen LogP contribution in [0.3, 0.4) is 0 Å². The molecule has 0 bridgehead atoms. The van der Waals surface area contributed by atoms with Gasteiger partial charge in [-0.25, -0.2) is 0 Å². The van der Waals surface area contributed by atoms with E-state index in [1.54, 1.807) is 6.07 Å². The van der Waals surface area contributed by atoms with Crippen LogP contribution in [0.15, 0.2) is 54.3 Å². The van der Waals surface area contributed by atoms with E-state index in [1.165, 1.54) is 5.56 Å². The molecule has 0 saturated heterocycles. The number of hydrogen-bond donors (Lipinski definition) is 2. The predicted molar refractivity (Wildman–Crippen MR) is 112 cm³/mol. The van der Waals surface area contributed by atoms with Crippen molar-refractivity contribution in [3.8, 4) is 5.75 Å². The summed E-state index contributed by atoms with van der Waals surface area (Å²) in [6.07, 6.45) is 11.6. The molecule has 0 spiro atoms. The Morgan fingerprint density at radius 1 is 1.08 bits per heavy atom. The highest BCUT2D eigenvalue weighted by Crippen LogP contribution is 2.27. The number of hydrogen-bond acceptors (Lipinski definition) is 2. The van der Waals surface area contributed by atoms with Crippen LogP contribution in [0.4, 0.5) is 0 Å².